The molecule has 0 aliphatic heterocycles. The molecule has 0 aliphatic carbocycles. The lowest BCUT2D eigenvalue weighted by atomic mass is 10.3. The smallest absolute Gasteiger partial charge is 0.302 e. The van der Waals surface area contributed by atoms with Gasteiger partial charge in [0.15, 0.2) is 5.65 Å². The third-order valence-electron chi connectivity index (χ3n) is 2.44. The summed E-state index contributed by atoms with van der Waals surface area (Å²) < 4.78 is 38.7. The molecular weight excluding hydrogens is 267 g/mol. The van der Waals surface area contributed by atoms with E-state index in [4.69, 9.17) is 11.6 Å². The Kier molecular flexibility index (Phi) is 3.23. The van der Waals surface area contributed by atoms with E-state index >= 15 is 0 Å². The zero-order chi connectivity index (χ0) is 13.5. The summed E-state index contributed by atoms with van der Waals surface area (Å²) in [7, 11) is 0. The van der Waals surface area contributed by atoms with Crippen LogP contribution in [0.4, 0.5) is 13.2 Å². The van der Waals surface area contributed by atoms with Gasteiger partial charge in [0.25, 0.3) is 0 Å². The van der Waals surface area contributed by atoms with Gasteiger partial charge in [0.2, 0.25) is 0 Å². The first-order valence-electron chi connectivity index (χ1n) is 5.31. The average Bonchev–Trinajstić information content (AvgIpc) is 2.54. The van der Waals surface area contributed by atoms with Crippen LogP contribution in [0.2, 0.25) is 0 Å². The van der Waals surface area contributed by atoms with Crippen LogP contribution >= 0.6 is 11.6 Å². The minimum absolute atomic E-state index is 0.182. The molecule has 2 aromatic heterocycles. The van der Waals surface area contributed by atoms with Gasteiger partial charge in [-0.3, -0.25) is 0 Å². The molecular formula is C11H11ClF3N3. The molecule has 0 spiro atoms. The number of nitrogens with zero attached hydrogens (tertiary/aromatic N) is 3. The molecule has 1 unspecified atom stereocenters. The molecule has 18 heavy (non-hydrogen) atoms. The van der Waals surface area contributed by atoms with Crippen LogP contribution in [0.25, 0.3) is 11.2 Å². The molecule has 0 aromatic carbocycles. The molecule has 1 atom stereocenters. The van der Waals surface area contributed by atoms with Gasteiger partial charge in [-0.25, -0.2) is 9.97 Å². The van der Waals surface area contributed by atoms with Crippen molar-refractivity contribution in [2.24, 2.45) is 0 Å². The highest BCUT2D eigenvalue weighted by Crippen LogP contribution is 2.27. The maximum atomic E-state index is 12.6. The number of rotatable bonds is 2. The van der Waals surface area contributed by atoms with Crippen LogP contribution in [0.5, 0.6) is 0 Å². The van der Waals surface area contributed by atoms with Crippen LogP contribution in [0, 0.1) is 6.92 Å². The predicted octanol–water partition coefficient (Wildman–Crippen LogP) is 3.60. The predicted molar refractivity (Wildman–Crippen MR) is 62.6 cm³/mol. The lowest BCUT2D eigenvalue weighted by molar-refractivity contribution is -0.140. The number of aryl methyl sites for hydroxylation is 1. The van der Waals surface area contributed by atoms with Crippen LogP contribution in [0.1, 0.15) is 23.7 Å². The lowest BCUT2D eigenvalue weighted by Crippen LogP contribution is -2.20. The van der Waals surface area contributed by atoms with Gasteiger partial charge in [-0.15, -0.1) is 11.6 Å². The average molecular weight is 278 g/mol. The Labute approximate surface area is 107 Å². The van der Waals surface area contributed by atoms with Crippen molar-refractivity contribution in [1.82, 2.24) is 14.5 Å². The Morgan fingerprint density at radius 2 is 2.11 bits per heavy atom. The molecule has 98 valence electrons. The molecule has 0 saturated heterocycles. The monoisotopic (exact) mass is 277 g/mol. The van der Waals surface area contributed by atoms with Crippen molar-refractivity contribution in [3.8, 4) is 0 Å². The Balaban J connectivity index is 2.63. The summed E-state index contributed by atoms with van der Waals surface area (Å²) >= 11 is 5.87. The number of alkyl halides is 4. The molecule has 0 N–H and O–H groups in total. The van der Waals surface area contributed by atoms with Crippen LogP contribution in [-0.2, 0) is 6.54 Å². The standard InChI is InChI=1S/C11H11ClF3N3/c1-6-3-8-10(16-4-6)18(5-11(13,14)15)9(17-8)7(2)12/h3-4,7H,5H2,1-2H3. The summed E-state index contributed by atoms with van der Waals surface area (Å²) in [6, 6.07) is 1.69. The summed E-state index contributed by atoms with van der Waals surface area (Å²) in [5, 5.41) is -0.609. The second-order valence-electron chi connectivity index (χ2n) is 4.14. The number of aromatic nitrogens is 3. The third-order valence-corrected chi connectivity index (χ3v) is 2.64. The first-order valence-corrected chi connectivity index (χ1v) is 5.75. The fraction of sp³-hybridized carbons (Fsp3) is 0.455. The van der Waals surface area contributed by atoms with Crippen LogP contribution < -0.4 is 0 Å². The molecule has 0 bridgehead atoms. The van der Waals surface area contributed by atoms with Gasteiger partial charge in [0, 0.05) is 6.20 Å². The van der Waals surface area contributed by atoms with Gasteiger partial charge in [-0.1, -0.05) is 0 Å². The highest BCUT2D eigenvalue weighted by molar-refractivity contribution is 6.20. The van der Waals surface area contributed by atoms with E-state index in [-0.39, 0.29) is 11.5 Å². The number of pyridine rings is 1. The minimum atomic E-state index is -4.33. The van der Waals surface area contributed by atoms with E-state index in [1.54, 1.807) is 19.9 Å². The van der Waals surface area contributed by atoms with Crippen LogP contribution in [0.3, 0.4) is 0 Å². The van der Waals surface area contributed by atoms with Crippen LogP contribution in [0.15, 0.2) is 12.3 Å². The van der Waals surface area contributed by atoms with E-state index in [2.05, 4.69) is 9.97 Å². The van der Waals surface area contributed by atoms with Gasteiger partial charge in [-0.2, -0.15) is 13.2 Å². The Bertz CT molecular complexity index is 575. The van der Waals surface area contributed by atoms with E-state index in [1.165, 1.54) is 6.20 Å². The molecule has 0 radical (unpaired) electrons. The largest absolute Gasteiger partial charge is 0.406 e. The third kappa shape index (κ3) is 2.58. The topological polar surface area (TPSA) is 30.7 Å². The van der Waals surface area contributed by atoms with Crippen molar-refractivity contribution in [2.75, 3.05) is 0 Å². The lowest BCUT2D eigenvalue weighted by Gasteiger charge is -2.12. The Morgan fingerprint density at radius 3 is 2.67 bits per heavy atom. The Morgan fingerprint density at radius 1 is 1.44 bits per heavy atom. The number of fused-ring (bicyclic) bond motifs is 1. The summed E-state index contributed by atoms with van der Waals surface area (Å²) in [6.45, 7) is 2.26. The van der Waals surface area contributed by atoms with Gasteiger partial charge in [0.1, 0.15) is 17.9 Å². The van der Waals surface area contributed by atoms with Crippen molar-refractivity contribution in [3.63, 3.8) is 0 Å². The summed E-state index contributed by atoms with van der Waals surface area (Å²) in [6.07, 6.45) is -2.82. The van der Waals surface area contributed by atoms with Crippen molar-refractivity contribution in [1.29, 1.82) is 0 Å². The number of halogens is 4. The molecule has 3 nitrogen and oxygen atoms in total. The molecule has 2 heterocycles. The first kappa shape index (κ1) is 13.1. The first-order chi connectivity index (χ1) is 8.28. The molecule has 0 aliphatic rings. The molecule has 0 fully saturated rings. The van der Waals surface area contributed by atoms with Gasteiger partial charge in [-0.05, 0) is 25.5 Å². The summed E-state index contributed by atoms with van der Waals surface area (Å²) in [4.78, 5) is 8.14. The van der Waals surface area contributed by atoms with Crippen LogP contribution in [-0.4, -0.2) is 20.7 Å². The summed E-state index contributed by atoms with van der Waals surface area (Å²) in [5.41, 5.74) is 1.48. The highest BCUT2D eigenvalue weighted by Gasteiger charge is 2.31. The maximum Gasteiger partial charge on any atom is 0.406 e. The Hall–Kier alpha value is -1.30. The number of hydrogen-bond acceptors (Lipinski definition) is 2. The van der Waals surface area contributed by atoms with E-state index in [9.17, 15) is 13.2 Å². The van der Waals surface area contributed by atoms with Crippen molar-refractivity contribution >= 4 is 22.8 Å². The number of hydrogen-bond donors (Lipinski definition) is 0. The van der Waals surface area contributed by atoms with Gasteiger partial charge >= 0.3 is 6.18 Å². The van der Waals surface area contributed by atoms with Crippen molar-refractivity contribution in [2.45, 2.75) is 31.9 Å². The second kappa shape index (κ2) is 4.42. The van der Waals surface area contributed by atoms with Gasteiger partial charge < -0.3 is 4.57 Å². The molecule has 0 saturated carbocycles. The summed E-state index contributed by atoms with van der Waals surface area (Å²) in [5.74, 6) is 0.182. The minimum Gasteiger partial charge on any atom is -0.302 e. The zero-order valence-corrected chi connectivity index (χ0v) is 10.5. The van der Waals surface area contributed by atoms with E-state index in [1.807, 2.05) is 0 Å². The van der Waals surface area contributed by atoms with Gasteiger partial charge in [0.05, 0.1) is 5.38 Å². The van der Waals surface area contributed by atoms with E-state index in [0.717, 1.165) is 10.1 Å². The quantitative estimate of drug-likeness (QED) is 0.785. The second-order valence-corrected chi connectivity index (χ2v) is 4.80. The fourth-order valence-corrected chi connectivity index (χ4v) is 1.93. The number of imidazole rings is 1. The SMILES string of the molecule is Cc1cnc2c(c1)nc(C(C)Cl)n2CC(F)(F)F. The molecule has 7 heteroatoms. The molecule has 2 rings (SSSR count). The normalized spacial score (nSPS) is 14.1. The van der Waals surface area contributed by atoms with Crippen molar-refractivity contribution < 1.29 is 13.2 Å². The van der Waals surface area contributed by atoms with E-state index in [0.29, 0.717) is 5.52 Å². The van der Waals surface area contributed by atoms with E-state index < -0.39 is 18.1 Å². The van der Waals surface area contributed by atoms with Crippen molar-refractivity contribution in [3.05, 3.63) is 23.7 Å². The molecule has 0 amide bonds. The molecule has 2 aromatic rings. The zero-order valence-electron chi connectivity index (χ0n) is 9.79. The maximum absolute atomic E-state index is 12.6. The highest BCUT2D eigenvalue weighted by atomic mass is 35.5. The fourth-order valence-electron chi connectivity index (χ4n) is 1.77.